The molecule has 0 N–H and O–H groups in total. The molecule has 0 aromatic heterocycles. The van der Waals surface area contributed by atoms with Gasteiger partial charge in [0.15, 0.2) is 5.78 Å². The molecule has 0 saturated carbocycles. The summed E-state index contributed by atoms with van der Waals surface area (Å²) in [5, 5.41) is 0. The highest BCUT2D eigenvalue weighted by Gasteiger charge is 2.15. The van der Waals surface area contributed by atoms with E-state index in [0.717, 1.165) is 0 Å². The van der Waals surface area contributed by atoms with E-state index in [4.69, 9.17) is 9.47 Å². The van der Waals surface area contributed by atoms with Crippen LogP contribution in [0.5, 0.6) is 11.5 Å². The lowest BCUT2D eigenvalue weighted by atomic mass is 10.0. The number of rotatable bonds is 4. The Balaban J connectivity index is 2.40. The first-order valence-electron chi connectivity index (χ1n) is 5.68. The van der Waals surface area contributed by atoms with Crippen LogP contribution in [0.2, 0.25) is 0 Å². The predicted molar refractivity (Wildman–Crippen MR) is 69.4 cm³/mol. The second kappa shape index (κ2) is 5.52. The van der Waals surface area contributed by atoms with Crippen LogP contribution >= 0.6 is 0 Å². The van der Waals surface area contributed by atoms with E-state index in [1.807, 2.05) is 0 Å². The summed E-state index contributed by atoms with van der Waals surface area (Å²) in [5.41, 5.74) is 0.819. The third-order valence-electron chi connectivity index (χ3n) is 2.76. The van der Waals surface area contributed by atoms with E-state index in [1.54, 1.807) is 18.2 Å². The van der Waals surface area contributed by atoms with Crippen molar-refractivity contribution in [2.45, 2.75) is 0 Å². The zero-order valence-corrected chi connectivity index (χ0v) is 10.6. The molecule has 0 atom stereocenters. The van der Waals surface area contributed by atoms with Crippen LogP contribution in [0, 0.1) is 5.82 Å². The Morgan fingerprint density at radius 3 is 2.26 bits per heavy atom. The highest BCUT2D eigenvalue weighted by atomic mass is 19.1. The zero-order chi connectivity index (χ0) is 13.8. The van der Waals surface area contributed by atoms with Crippen LogP contribution in [0.4, 0.5) is 4.39 Å². The number of hydrogen-bond donors (Lipinski definition) is 0. The van der Waals surface area contributed by atoms with Gasteiger partial charge in [-0.15, -0.1) is 0 Å². The van der Waals surface area contributed by atoms with Crippen molar-refractivity contribution in [3.63, 3.8) is 0 Å². The molecule has 19 heavy (non-hydrogen) atoms. The zero-order valence-electron chi connectivity index (χ0n) is 10.6. The minimum atomic E-state index is -0.377. The Morgan fingerprint density at radius 2 is 1.68 bits per heavy atom. The average Bonchev–Trinajstić information content (AvgIpc) is 2.46. The van der Waals surface area contributed by atoms with Crippen molar-refractivity contribution in [3.05, 3.63) is 59.4 Å². The van der Waals surface area contributed by atoms with Gasteiger partial charge in [-0.05, 0) is 36.4 Å². The van der Waals surface area contributed by atoms with Crippen LogP contribution in [0.15, 0.2) is 42.5 Å². The van der Waals surface area contributed by atoms with Gasteiger partial charge in [-0.2, -0.15) is 0 Å². The number of methoxy groups -OCH3 is 2. The van der Waals surface area contributed by atoms with E-state index in [-0.39, 0.29) is 11.6 Å². The Hall–Kier alpha value is -2.36. The highest BCUT2D eigenvalue weighted by molar-refractivity contribution is 6.10. The molecule has 0 heterocycles. The predicted octanol–water partition coefficient (Wildman–Crippen LogP) is 3.07. The number of ether oxygens (including phenoxy) is 2. The summed E-state index contributed by atoms with van der Waals surface area (Å²) >= 11 is 0. The van der Waals surface area contributed by atoms with Crippen LogP contribution in [0.25, 0.3) is 0 Å². The van der Waals surface area contributed by atoms with Gasteiger partial charge in [-0.25, -0.2) is 4.39 Å². The molecule has 2 rings (SSSR count). The van der Waals surface area contributed by atoms with Crippen molar-refractivity contribution in [1.29, 1.82) is 0 Å². The largest absolute Gasteiger partial charge is 0.497 e. The van der Waals surface area contributed by atoms with Gasteiger partial charge >= 0.3 is 0 Å². The van der Waals surface area contributed by atoms with Gasteiger partial charge in [0.25, 0.3) is 0 Å². The Kier molecular flexibility index (Phi) is 3.80. The number of carbonyl (C=O) groups excluding carboxylic acids is 1. The minimum Gasteiger partial charge on any atom is -0.497 e. The summed E-state index contributed by atoms with van der Waals surface area (Å²) in [4.78, 5) is 12.3. The van der Waals surface area contributed by atoms with Crippen LogP contribution in [0.1, 0.15) is 15.9 Å². The Labute approximate surface area is 110 Å². The van der Waals surface area contributed by atoms with E-state index in [9.17, 15) is 9.18 Å². The minimum absolute atomic E-state index is 0.223. The van der Waals surface area contributed by atoms with E-state index >= 15 is 0 Å². The summed E-state index contributed by atoms with van der Waals surface area (Å²) in [5.74, 6) is 0.430. The molecule has 0 saturated heterocycles. The second-order valence-electron chi connectivity index (χ2n) is 3.90. The van der Waals surface area contributed by atoms with Crippen LogP contribution < -0.4 is 9.47 Å². The number of hydrogen-bond acceptors (Lipinski definition) is 3. The first-order valence-corrected chi connectivity index (χ1v) is 5.68. The van der Waals surface area contributed by atoms with Gasteiger partial charge in [0.1, 0.15) is 17.3 Å². The van der Waals surface area contributed by atoms with Crippen molar-refractivity contribution in [2.24, 2.45) is 0 Å². The molecule has 3 nitrogen and oxygen atoms in total. The molecule has 0 bridgehead atoms. The fraction of sp³-hybridized carbons (Fsp3) is 0.133. The first-order chi connectivity index (χ1) is 9.15. The van der Waals surface area contributed by atoms with Gasteiger partial charge in [-0.3, -0.25) is 4.79 Å². The molecule has 0 amide bonds. The van der Waals surface area contributed by atoms with Gasteiger partial charge in [-0.1, -0.05) is 0 Å². The van der Waals surface area contributed by atoms with Crippen molar-refractivity contribution >= 4 is 5.78 Å². The third-order valence-corrected chi connectivity index (χ3v) is 2.76. The lowest BCUT2D eigenvalue weighted by Gasteiger charge is -2.09. The van der Waals surface area contributed by atoms with Crippen molar-refractivity contribution in [2.75, 3.05) is 14.2 Å². The normalized spacial score (nSPS) is 10.1. The average molecular weight is 260 g/mol. The Morgan fingerprint density at radius 1 is 1.00 bits per heavy atom. The summed E-state index contributed by atoms with van der Waals surface area (Å²) in [6, 6.07) is 10.3. The SMILES string of the molecule is COc1ccc(C(=O)c2ccc(F)cc2)c(OC)c1. The molecule has 98 valence electrons. The molecule has 2 aromatic rings. The van der Waals surface area contributed by atoms with E-state index in [1.165, 1.54) is 38.5 Å². The van der Waals surface area contributed by atoms with Crippen molar-refractivity contribution in [3.8, 4) is 11.5 Å². The van der Waals surface area contributed by atoms with Gasteiger partial charge in [0.05, 0.1) is 19.8 Å². The monoisotopic (exact) mass is 260 g/mol. The van der Waals surface area contributed by atoms with Crippen LogP contribution in [-0.4, -0.2) is 20.0 Å². The summed E-state index contributed by atoms with van der Waals surface area (Å²) in [6.45, 7) is 0. The van der Waals surface area contributed by atoms with E-state index < -0.39 is 0 Å². The van der Waals surface area contributed by atoms with Crippen molar-refractivity contribution in [1.82, 2.24) is 0 Å². The van der Waals surface area contributed by atoms with Crippen molar-refractivity contribution < 1.29 is 18.7 Å². The molecule has 0 radical (unpaired) electrons. The van der Waals surface area contributed by atoms with Gasteiger partial charge in [0.2, 0.25) is 0 Å². The maximum absolute atomic E-state index is 12.8. The molecule has 4 heteroatoms. The molecule has 0 aliphatic heterocycles. The maximum Gasteiger partial charge on any atom is 0.196 e. The molecular weight excluding hydrogens is 247 g/mol. The van der Waals surface area contributed by atoms with Crippen LogP contribution in [-0.2, 0) is 0 Å². The molecule has 2 aromatic carbocycles. The molecule has 0 unspecified atom stereocenters. The fourth-order valence-electron chi connectivity index (χ4n) is 1.74. The molecule has 0 aliphatic rings. The number of carbonyl (C=O) groups is 1. The molecule has 0 fully saturated rings. The highest BCUT2D eigenvalue weighted by Crippen LogP contribution is 2.26. The third kappa shape index (κ3) is 2.73. The first kappa shape index (κ1) is 13.1. The Bertz CT molecular complexity index is 591. The summed E-state index contributed by atoms with van der Waals surface area (Å²) < 4.78 is 23.1. The van der Waals surface area contributed by atoms with E-state index in [2.05, 4.69) is 0 Å². The molecule has 0 spiro atoms. The summed E-state index contributed by atoms with van der Waals surface area (Å²) in [6.07, 6.45) is 0. The topological polar surface area (TPSA) is 35.5 Å². The standard InChI is InChI=1S/C15H13FO3/c1-18-12-7-8-13(14(9-12)19-2)15(17)10-3-5-11(16)6-4-10/h3-9H,1-2H3. The lowest BCUT2D eigenvalue weighted by molar-refractivity contribution is 0.103. The summed E-state index contributed by atoms with van der Waals surface area (Å²) in [7, 11) is 3.02. The second-order valence-corrected chi connectivity index (χ2v) is 3.90. The number of halogens is 1. The van der Waals surface area contributed by atoms with Gasteiger partial charge in [0, 0.05) is 11.6 Å². The van der Waals surface area contributed by atoms with Crippen LogP contribution in [0.3, 0.4) is 0 Å². The number of benzene rings is 2. The quantitative estimate of drug-likeness (QED) is 0.792. The van der Waals surface area contributed by atoms with Gasteiger partial charge < -0.3 is 9.47 Å². The molecule has 0 aliphatic carbocycles. The van der Waals surface area contributed by atoms with E-state index in [0.29, 0.717) is 22.6 Å². The fourth-order valence-corrected chi connectivity index (χ4v) is 1.74. The maximum atomic E-state index is 12.8. The molecular formula is C15H13FO3. The smallest absolute Gasteiger partial charge is 0.196 e. The number of ketones is 1. The lowest BCUT2D eigenvalue weighted by Crippen LogP contribution is -2.04.